The first-order chi connectivity index (χ1) is 5.95. The van der Waals surface area contributed by atoms with Crippen LogP contribution in [0.2, 0.25) is 0 Å². The molecule has 80 valence electrons. The van der Waals surface area contributed by atoms with Gasteiger partial charge in [-0.15, -0.1) is 0 Å². The van der Waals surface area contributed by atoms with Crippen LogP contribution in [0.15, 0.2) is 0 Å². The van der Waals surface area contributed by atoms with E-state index in [0.29, 0.717) is 0 Å². The molecule has 0 aliphatic heterocycles. The lowest BCUT2D eigenvalue weighted by Gasteiger charge is -2.16. The van der Waals surface area contributed by atoms with Gasteiger partial charge in [0.2, 0.25) is 0 Å². The predicted molar refractivity (Wildman–Crippen MR) is 51.1 cm³/mol. The summed E-state index contributed by atoms with van der Waals surface area (Å²) in [6.07, 6.45) is 0. The van der Waals surface area contributed by atoms with E-state index in [9.17, 15) is 0 Å². The highest BCUT2D eigenvalue weighted by molar-refractivity contribution is 6.13. The summed E-state index contributed by atoms with van der Waals surface area (Å²) in [5, 5.41) is 45.4. The number of hydrogen-bond donors (Lipinski definition) is 6. The van der Waals surface area contributed by atoms with Crippen molar-refractivity contribution < 1.29 is 30.3 Å². The fourth-order valence-corrected chi connectivity index (χ4v) is 0.0500. The van der Waals surface area contributed by atoms with Gasteiger partial charge < -0.3 is 30.3 Å². The van der Waals surface area contributed by atoms with Gasteiger partial charge >= 0.3 is 15.4 Å². The van der Waals surface area contributed by atoms with Crippen LogP contribution in [0.4, 0.5) is 0 Å². The van der Waals surface area contributed by atoms with E-state index in [2.05, 4.69) is 0 Å². The van der Waals surface area contributed by atoms with Crippen LogP contribution in [-0.2, 0) is 0 Å². The highest BCUT2D eigenvalue weighted by atomic mass is 16.4. The third kappa shape index (κ3) is 33.5. The largest absolute Gasteiger partial charge is 0.432 e. The molecule has 0 saturated carbocycles. The van der Waals surface area contributed by atoms with E-state index in [0.717, 1.165) is 0 Å². The van der Waals surface area contributed by atoms with E-state index < -0.39 is 15.4 Å². The average Bonchev–Trinajstić information content (AvgIpc) is 2.08. The molecule has 0 spiro atoms. The molecular weight excluding hydrogens is 178 g/mol. The summed E-state index contributed by atoms with van der Waals surface area (Å²) in [4.78, 5) is 0. The molecule has 0 unspecified atom stereocenters. The maximum absolute atomic E-state index is 8.43. The zero-order valence-corrected chi connectivity index (χ0v) is 8.01. The molecular formula is C5H18B2O6. The Morgan fingerprint density at radius 2 is 1.00 bits per heavy atom. The lowest BCUT2D eigenvalue weighted by atomic mass is 9.97. The topological polar surface area (TPSA) is 121 Å². The van der Waals surface area contributed by atoms with Gasteiger partial charge in [0.25, 0.3) is 0 Å². The first-order valence-corrected chi connectivity index (χ1v) is 3.60. The van der Waals surface area contributed by atoms with Crippen LogP contribution in [0.25, 0.3) is 0 Å². The normalized spacial score (nSPS) is 8.62. The minimum absolute atomic E-state index is 0.0451. The number of hydrogen-bond acceptors (Lipinski definition) is 6. The summed E-state index contributed by atoms with van der Waals surface area (Å²) < 4.78 is 0. The number of aliphatic hydroxyl groups excluding tert-OH is 2. The minimum Gasteiger partial charge on any atom is -0.430 e. The molecule has 0 amide bonds. The zero-order valence-electron chi connectivity index (χ0n) is 8.01. The Hall–Kier alpha value is -0.110. The van der Waals surface area contributed by atoms with Crippen LogP contribution < -0.4 is 0 Å². The minimum atomic E-state index is -0.750. The van der Waals surface area contributed by atoms with Gasteiger partial charge in [0.1, 0.15) is 0 Å². The van der Waals surface area contributed by atoms with Crippen LogP contribution in [-0.4, -0.2) is 58.9 Å². The van der Waals surface area contributed by atoms with Crippen molar-refractivity contribution in [3.05, 3.63) is 0 Å². The lowest BCUT2D eigenvalue weighted by molar-refractivity contribution is 0.0857. The summed E-state index contributed by atoms with van der Waals surface area (Å²) in [6.45, 7) is 3.69. The number of aliphatic hydroxyl groups is 2. The quantitative estimate of drug-likeness (QED) is 0.254. The highest BCUT2D eigenvalue weighted by Crippen LogP contribution is 2.10. The SMILES string of the molecule is CC(C)(CO)CO.OBO.OBO. The molecule has 0 radical (unpaired) electrons. The second-order valence-corrected chi connectivity index (χ2v) is 2.76. The van der Waals surface area contributed by atoms with Gasteiger partial charge in [-0.05, 0) is 0 Å². The standard InChI is InChI=1S/C5H12O2.2BH3O2/c1-5(2,3-6)4-7;2*2-1-3/h6-7H,3-4H2,1-2H3;2*1-3H. The highest BCUT2D eigenvalue weighted by Gasteiger charge is 2.13. The van der Waals surface area contributed by atoms with Crippen molar-refractivity contribution in [3.63, 3.8) is 0 Å². The molecule has 0 fully saturated rings. The molecule has 0 rings (SSSR count). The fraction of sp³-hybridized carbons (Fsp3) is 1.00. The van der Waals surface area contributed by atoms with E-state index in [4.69, 9.17) is 30.3 Å². The second kappa shape index (κ2) is 14.4. The summed E-state index contributed by atoms with van der Waals surface area (Å²) in [6, 6.07) is 0. The monoisotopic (exact) mass is 196 g/mol. The van der Waals surface area contributed by atoms with E-state index in [1.165, 1.54) is 0 Å². The Morgan fingerprint density at radius 3 is 1.00 bits per heavy atom. The summed E-state index contributed by atoms with van der Waals surface area (Å²) in [5.74, 6) is 0. The fourth-order valence-electron chi connectivity index (χ4n) is 0.0500. The molecule has 0 aliphatic carbocycles. The van der Waals surface area contributed by atoms with Gasteiger partial charge in [0.05, 0.1) is 13.2 Å². The van der Waals surface area contributed by atoms with Crippen molar-refractivity contribution in [1.82, 2.24) is 0 Å². The van der Waals surface area contributed by atoms with Gasteiger partial charge in [0, 0.05) is 5.41 Å². The van der Waals surface area contributed by atoms with Crippen molar-refractivity contribution in [2.45, 2.75) is 13.8 Å². The van der Waals surface area contributed by atoms with Gasteiger partial charge in [-0.25, -0.2) is 0 Å². The van der Waals surface area contributed by atoms with Crippen LogP contribution in [0.5, 0.6) is 0 Å². The molecule has 6 nitrogen and oxygen atoms in total. The van der Waals surface area contributed by atoms with Crippen LogP contribution in [0.3, 0.4) is 0 Å². The number of rotatable bonds is 2. The van der Waals surface area contributed by atoms with E-state index >= 15 is 0 Å². The Kier molecular flexibility index (Phi) is 20.7. The molecule has 0 atom stereocenters. The van der Waals surface area contributed by atoms with Gasteiger partial charge in [-0.2, -0.15) is 0 Å². The molecule has 0 aromatic heterocycles. The van der Waals surface area contributed by atoms with Gasteiger partial charge in [0.15, 0.2) is 0 Å². The summed E-state index contributed by atoms with van der Waals surface area (Å²) in [5.41, 5.74) is -0.306. The average molecular weight is 196 g/mol. The first-order valence-electron chi connectivity index (χ1n) is 3.60. The molecule has 6 N–H and O–H groups in total. The molecule has 8 heteroatoms. The molecule has 0 aromatic carbocycles. The van der Waals surface area contributed by atoms with E-state index in [1.54, 1.807) is 13.8 Å². The summed E-state index contributed by atoms with van der Waals surface area (Å²) >= 11 is 0. The van der Waals surface area contributed by atoms with Gasteiger partial charge in [-0.1, -0.05) is 13.8 Å². The van der Waals surface area contributed by atoms with Crippen LogP contribution in [0.1, 0.15) is 13.8 Å². The molecule has 0 aliphatic rings. The third-order valence-corrected chi connectivity index (χ3v) is 0.856. The predicted octanol–water partition coefficient (Wildman–Crippen LogP) is -3.53. The molecule has 0 aromatic rings. The van der Waals surface area contributed by atoms with Crippen LogP contribution >= 0.6 is 0 Å². The maximum Gasteiger partial charge on any atom is 0.432 e. The van der Waals surface area contributed by atoms with Crippen molar-refractivity contribution in [2.75, 3.05) is 13.2 Å². The maximum atomic E-state index is 8.43. The summed E-state index contributed by atoms with van der Waals surface area (Å²) in [7, 11) is -1.50. The first kappa shape index (κ1) is 18.6. The Bertz CT molecular complexity index is 73.4. The Morgan fingerprint density at radius 1 is 0.846 bits per heavy atom. The van der Waals surface area contributed by atoms with E-state index in [1.807, 2.05) is 0 Å². The molecule has 0 saturated heterocycles. The molecule has 13 heavy (non-hydrogen) atoms. The van der Waals surface area contributed by atoms with Gasteiger partial charge in [-0.3, -0.25) is 0 Å². The van der Waals surface area contributed by atoms with Crippen molar-refractivity contribution in [1.29, 1.82) is 0 Å². The smallest absolute Gasteiger partial charge is 0.430 e. The Balaban J connectivity index is -0.000000140. The lowest BCUT2D eigenvalue weighted by Crippen LogP contribution is -2.20. The van der Waals surface area contributed by atoms with E-state index in [-0.39, 0.29) is 18.6 Å². The van der Waals surface area contributed by atoms with Crippen molar-refractivity contribution in [3.8, 4) is 0 Å². The van der Waals surface area contributed by atoms with Crippen molar-refractivity contribution >= 4 is 15.4 Å². The zero-order chi connectivity index (χ0) is 11.3. The van der Waals surface area contributed by atoms with Crippen molar-refractivity contribution in [2.24, 2.45) is 5.41 Å². The Labute approximate surface area is 79.1 Å². The third-order valence-electron chi connectivity index (χ3n) is 0.856. The second-order valence-electron chi connectivity index (χ2n) is 2.76. The molecule has 0 bridgehead atoms. The molecule has 0 heterocycles. The van der Waals surface area contributed by atoms with Crippen LogP contribution in [0, 0.1) is 5.41 Å².